The van der Waals surface area contributed by atoms with Crippen LogP contribution in [0.5, 0.6) is 0 Å². The van der Waals surface area contributed by atoms with Gasteiger partial charge in [0, 0.05) is 37.6 Å². The lowest BCUT2D eigenvalue weighted by atomic mass is 9.51. The van der Waals surface area contributed by atoms with Crippen LogP contribution in [0.4, 0.5) is 0 Å². The van der Waals surface area contributed by atoms with E-state index in [4.69, 9.17) is 4.74 Å². The van der Waals surface area contributed by atoms with Gasteiger partial charge in [0.2, 0.25) is 0 Å². The van der Waals surface area contributed by atoms with Crippen LogP contribution in [0.15, 0.2) is 11.3 Å². The summed E-state index contributed by atoms with van der Waals surface area (Å²) in [5, 5.41) is 11.5. The van der Waals surface area contributed by atoms with Gasteiger partial charge in [-0.05, 0) is 32.6 Å². The van der Waals surface area contributed by atoms with Crippen molar-refractivity contribution in [1.29, 1.82) is 0 Å². The van der Waals surface area contributed by atoms with Crippen LogP contribution in [0.3, 0.4) is 0 Å². The molecule has 0 radical (unpaired) electrons. The van der Waals surface area contributed by atoms with Crippen LogP contribution in [-0.4, -0.2) is 52.6 Å². The Morgan fingerprint density at radius 1 is 1.46 bits per heavy atom. The van der Waals surface area contributed by atoms with Gasteiger partial charge in [-0.3, -0.25) is 4.99 Å². The largest absolute Gasteiger partial charge is 0.378 e. The van der Waals surface area contributed by atoms with E-state index >= 15 is 0 Å². The summed E-state index contributed by atoms with van der Waals surface area (Å²) in [7, 11) is 1.85. The van der Waals surface area contributed by atoms with Crippen LogP contribution in [-0.2, 0) is 17.7 Å². The van der Waals surface area contributed by atoms with Gasteiger partial charge in [0.25, 0.3) is 0 Å². The molecule has 2 heterocycles. The highest BCUT2D eigenvalue weighted by Crippen LogP contribution is 2.57. The molecule has 7 nitrogen and oxygen atoms in total. The third kappa shape index (κ3) is 2.59. The van der Waals surface area contributed by atoms with E-state index in [1.54, 1.807) is 6.33 Å². The fraction of sp³-hybridized carbons (Fsp3) is 0.824. The summed E-state index contributed by atoms with van der Waals surface area (Å²) in [6.07, 6.45) is 9.08. The summed E-state index contributed by atoms with van der Waals surface area (Å²) < 4.78 is 7.94. The quantitative estimate of drug-likeness (QED) is 0.638. The number of nitrogens with zero attached hydrogens (tertiary/aromatic N) is 4. The monoisotopic (exact) mass is 332 g/mol. The fourth-order valence-corrected chi connectivity index (χ4v) is 4.53. The molecular weight excluding hydrogens is 304 g/mol. The molecule has 132 valence electrons. The van der Waals surface area contributed by atoms with E-state index in [1.807, 2.05) is 11.7 Å². The highest BCUT2D eigenvalue weighted by atomic mass is 16.5. The molecule has 3 aliphatic rings. The highest BCUT2D eigenvalue weighted by molar-refractivity contribution is 5.80. The van der Waals surface area contributed by atoms with E-state index in [1.165, 1.54) is 19.3 Å². The van der Waals surface area contributed by atoms with Crippen LogP contribution >= 0.6 is 0 Å². The van der Waals surface area contributed by atoms with Crippen LogP contribution in [0.25, 0.3) is 0 Å². The molecule has 2 fully saturated rings. The molecule has 7 heteroatoms. The predicted octanol–water partition coefficient (Wildman–Crippen LogP) is 1.11. The summed E-state index contributed by atoms with van der Waals surface area (Å²) >= 11 is 0. The molecule has 3 atom stereocenters. The van der Waals surface area contributed by atoms with Crippen molar-refractivity contribution in [2.45, 2.75) is 70.2 Å². The first kappa shape index (κ1) is 15.9. The number of hydrogen-bond acceptors (Lipinski definition) is 4. The third-order valence-corrected chi connectivity index (χ3v) is 6.12. The minimum absolute atomic E-state index is 0.346. The maximum atomic E-state index is 5.94. The number of ether oxygens (including phenoxy) is 1. The summed E-state index contributed by atoms with van der Waals surface area (Å²) in [5.41, 5.74) is 0.346. The standard InChI is InChI=1S/C17H28N6O/c1-3-24-14-9-13(17(14)7-4-8-17)22-16(18-2)21-12-5-6-15-19-11-20-23(15)10-12/h11-14H,3-10H2,1-2H3,(H2,18,21,22). The molecule has 0 aromatic carbocycles. The molecular formula is C17H28N6O. The van der Waals surface area contributed by atoms with E-state index in [2.05, 4.69) is 32.6 Å². The zero-order valence-electron chi connectivity index (χ0n) is 14.7. The van der Waals surface area contributed by atoms with Crippen molar-refractivity contribution in [2.24, 2.45) is 10.4 Å². The molecule has 4 rings (SSSR count). The van der Waals surface area contributed by atoms with Crippen molar-refractivity contribution in [1.82, 2.24) is 25.4 Å². The Morgan fingerprint density at radius 3 is 3.04 bits per heavy atom. The Kier molecular flexibility index (Phi) is 4.20. The molecule has 1 aromatic rings. The van der Waals surface area contributed by atoms with Crippen molar-refractivity contribution < 1.29 is 4.74 Å². The summed E-state index contributed by atoms with van der Waals surface area (Å²) in [6.45, 7) is 3.76. The van der Waals surface area contributed by atoms with Gasteiger partial charge in [-0.1, -0.05) is 6.42 Å². The summed E-state index contributed by atoms with van der Waals surface area (Å²) in [4.78, 5) is 8.74. The van der Waals surface area contributed by atoms with Crippen molar-refractivity contribution in [3.05, 3.63) is 12.2 Å². The normalized spacial score (nSPS) is 31.1. The maximum absolute atomic E-state index is 5.94. The van der Waals surface area contributed by atoms with E-state index in [9.17, 15) is 0 Å². The second-order valence-corrected chi connectivity index (χ2v) is 7.27. The Labute approximate surface area is 143 Å². The number of hydrogen-bond donors (Lipinski definition) is 2. The Morgan fingerprint density at radius 2 is 2.33 bits per heavy atom. The average molecular weight is 332 g/mol. The topological polar surface area (TPSA) is 76.4 Å². The lowest BCUT2D eigenvalue weighted by Gasteiger charge is -2.61. The minimum Gasteiger partial charge on any atom is -0.378 e. The Balaban J connectivity index is 1.34. The zero-order valence-corrected chi connectivity index (χ0v) is 14.7. The van der Waals surface area contributed by atoms with E-state index in [-0.39, 0.29) is 0 Å². The van der Waals surface area contributed by atoms with E-state index < -0.39 is 0 Å². The lowest BCUT2D eigenvalue weighted by molar-refractivity contribution is -0.168. The second-order valence-electron chi connectivity index (χ2n) is 7.27. The molecule has 1 aliphatic heterocycles. The number of fused-ring (bicyclic) bond motifs is 1. The first-order chi connectivity index (χ1) is 11.7. The number of aliphatic imine (C=N–C) groups is 1. The van der Waals surface area contributed by atoms with Gasteiger partial charge in [-0.25, -0.2) is 9.67 Å². The van der Waals surface area contributed by atoms with Crippen molar-refractivity contribution in [3.8, 4) is 0 Å². The first-order valence-corrected chi connectivity index (χ1v) is 9.23. The van der Waals surface area contributed by atoms with Gasteiger partial charge in [0.1, 0.15) is 12.2 Å². The molecule has 0 bridgehead atoms. The van der Waals surface area contributed by atoms with Crippen LogP contribution in [0.2, 0.25) is 0 Å². The lowest BCUT2D eigenvalue weighted by Crippen LogP contribution is -2.69. The van der Waals surface area contributed by atoms with Gasteiger partial charge in [0.15, 0.2) is 5.96 Å². The molecule has 0 saturated heterocycles. The van der Waals surface area contributed by atoms with Gasteiger partial charge >= 0.3 is 0 Å². The molecule has 3 unspecified atom stereocenters. The Hall–Kier alpha value is -1.63. The first-order valence-electron chi connectivity index (χ1n) is 9.23. The number of aryl methyl sites for hydroxylation is 1. The number of guanidine groups is 1. The summed E-state index contributed by atoms with van der Waals surface area (Å²) in [6, 6.07) is 0.838. The fourth-order valence-electron chi connectivity index (χ4n) is 4.53. The predicted molar refractivity (Wildman–Crippen MR) is 91.9 cm³/mol. The number of rotatable bonds is 4. The van der Waals surface area contributed by atoms with E-state index in [0.29, 0.717) is 23.6 Å². The molecule has 1 aromatic heterocycles. The minimum atomic E-state index is 0.346. The van der Waals surface area contributed by atoms with Crippen molar-refractivity contribution in [2.75, 3.05) is 13.7 Å². The van der Waals surface area contributed by atoms with Crippen molar-refractivity contribution in [3.63, 3.8) is 0 Å². The molecule has 2 N–H and O–H groups in total. The van der Waals surface area contributed by atoms with Gasteiger partial charge < -0.3 is 15.4 Å². The third-order valence-electron chi connectivity index (χ3n) is 6.12. The van der Waals surface area contributed by atoms with Crippen LogP contribution in [0.1, 0.15) is 44.9 Å². The second kappa shape index (κ2) is 6.35. The molecule has 1 spiro atoms. The van der Waals surface area contributed by atoms with Gasteiger partial charge in [0.05, 0.1) is 12.6 Å². The average Bonchev–Trinajstić information content (AvgIpc) is 2.98. The summed E-state index contributed by atoms with van der Waals surface area (Å²) in [5.74, 6) is 2.00. The zero-order chi connectivity index (χ0) is 16.6. The highest BCUT2D eigenvalue weighted by Gasteiger charge is 2.59. The van der Waals surface area contributed by atoms with Crippen LogP contribution < -0.4 is 10.6 Å². The van der Waals surface area contributed by atoms with Gasteiger partial charge in [-0.2, -0.15) is 5.10 Å². The number of nitrogens with one attached hydrogen (secondary N) is 2. The van der Waals surface area contributed by atoms with Crippen LogP contribution in [0, 0.1) is 5.41 Å². The SMILES string of the molecule is CCOC1CC(NC(=NC)NC2CCc3ncnn3C2)C12CCC2. The smallest absolute Gasteiger partial charge is 0.191 e. The maximum Gasteiger partial charge on any atom is 0.191 e. The Bertz CT molecular complexity index is 608. The van der Waals surface area contributed by atoms with Gasteiger partial charge in [-0.15, -0.1) is 0 Å². The molecule has 24 heavy (non-hydrogen) atoms. The van der Waals surface area contributed by atoms with E-state index in [0.717, 1.165) is 44.2 Å². The number of aromatic nitrogens is 3. The molecule has 2 aliphatic carbocycles. The van der Waals surface area contributed by atoms with Crippen molar-refractivity contribution >= 4 is 5.96 Å². The molecule has 2 saturated carbocycles. The molecule has 0 amide bonds.